The molecule has 1 aromatic rings. The van der Waals surface area contributed by atoms with Crippen LogP contribution in [0, 0.1) is 0 Å². The van der Waals surface area contributed by atoms with Crippen molar-refractivity contribution in [2.24, 2.45) is 0 Å². The molecule has 16 heavy (non-hydrogen) atoms. The topological polar surface area (TPSA) is 37.4 Å². The molecular weight excluding hydrogens is 202 g/mol. The second-order valence-corrected chi connectivity index (χ2v) is 3.76. The number of anilines is 1. The van der Waals surface area contributed by atoms with Crippen LogP contribution in [0.3, 0.4) is 0 Å². The minimum atomic E-state index is -0.0979. The minimum Gasteiger partial charge on any atom is -0.312 e. The summed E-state index contributed by atoms with van der Waals surface area (Å²) in [5, 5.41) is 0. The molecule has 82 valence electrons. The van der Waals surface area contributed by atoms with E-state index in [-0.39, 0.29) is 11.7 Å². The van der Waals surface area contributed by atoms with Gasteiger partial charge in [0.1, 0.15) is 0 Å². The van der Waals surface area contributed by atoms with E-state index in [4.69, 9.17) is 0 Å². The highest BCUT2D eigenvalue weighted by molar-refractivity contribution is 6.04. The van der Waals surface area contributed by atoms with Crippen molar-refractivity contribution in [3.05, 3.63) is 42.5 Å². The number of carbonyl (C=O) groups excluding carboxylic acids is 2. The van der Waals surface area contributed by atoms with E-state index in [2.05, 4.69) is 6.58 Å². The van der Waals surface area contributed by atoms with Crippen LogP contribution in [0.1, 0.15) is 23.2 Å². The van der Waals surface area contributed by atoms with Gasteiger partial charge in [0.25, 0.3) is 0 Å². The SMILES string of the molecule is C=CC(=O)c1ccc(N2CCCC2=O)cc1. The summed E-state index contributed by atoms with van der Waals surface area (Å²) in [5.41, 5.74) is 1.47. The molecule has 1 saturated heterocycles. The van der Waals surface area contributed by atoms with Gasteiger partial charge in [-0.3, -0.25) is 9.59 Å². The molecule has 0 unspecified atom stereocenters. The number of nitrogens with zero attached hydrogens (tertiary/aromatic N) is 1. The monoisotopic (exact) mass is 215 g/mol. The summed E-state index contributed by atoms with van der Waals surface area (Å²) in [5.74, 6) is 0.0575. The molecule has 1 aliphatic rings. The molecule has 3 nitrogen and oxygen atoms in total. The van der Waals surface area contributed by atoms with Gasteiger partial charge in [-0.1, -0.05) is 6.58 Å². The van der Waals surface area contributed by atoms with Crippen molar-refractivity contribution in [3.63, 3.8) is 0 Å². The smallest absolute Gasteiger partial charge is 0.227 e. The molecule has 1 aliphatic heterocycles. The lowest BCUT2D eigenvalue weighted by molar-refractivity contribution is -0.117. The third-order valence-electron chi connectivity index (χ3n) is 2.72. The van der Waals surface area contributed by atoms with Gasteiger partial charge >= 0.3 is 0 Å². The first-order chi connectivity index (χ1) is 7.72. The van der Waals surface area contributed by atoms with E-state index in [9.17, 15) is 9.59 Å². The zero-order chi connectivity index (χ0) is 11.5. The highest BCUT2D eigenvalue weighted by atomic mass is 16.2. The summed E-state index contributed by atoms with van der Waals surface area (Å²) < 4.78 is 0. The molecule has 1 amide bonds. The average molecular weight is 215 g/mol. The molecule has 0 aromatic heterocycles. The van der Waals surface area contributed by atoms with Crippen LogP contribution in [-0.2, 0) is 4.79 Å². The predicted molar refractivity (Wildman–Crippen MR) is 62.6 cm³/mol. The fourth-order valence-corrected chi connectivity index (χ4v) is 1.84. The van der Waals surface area contributed by atoms with Gasteiger partial charge in [-0.2, -0.15) is 0 Å². The van der Waals surface area contributed by atoms with Gasteiger partial charge < -0.3 is 4.90 Å². The van der Waals surface area contributed by atoms with Crippen molar-refractivity contribution in [2.45, 2.75) is 12.8 Å². The fraction of sp³-hybridized carbons (Fsp3) is 0.231. The van der Waals surface area contributed by atoms with E-state index in [1.807, 2.05) is 0 Å². The number of rotatable bonds is 3. The van der Waals surface area contributed by atoms with E-state index in [0.29, 0.717) is 12.0 Å². The lowest BCUT2D eigenvalue weighted by Gasteiger charge is -2.15. The number of carbonyl (C=O) groups is 2. The minimum absolute atomic E-state index is 0.0979. The molecule has 1 aromatic carbocycles. The van der Waals surface area contributed by atoms with Crippen LogP contribution in [-0.4, -0.2) is 18.2 Å². The summed E-state index contributed by atoms with van der Waals surface area (Å²) in [6.07, 6.45) is 2.82. The Morgan fingerprint density at radius 3 is 2.50 bits per heavy atom. The fourth-order valence-electron chi connectivity index (χ4n) is 1.84. The quantitative estimate of drug-likeness (QED) is 0.572. The molecule has 0 N–H and O–H groups in total. The predicted octanol–water partition coefficient (Wildman–Crippen LogP) is 2.18. The summed E-state index contributed by atoms with van der Waals surface area (Å²) in [6, 6.07) is 7.07. The number of ketones is 1. The second kappa shape index (κ2) is 4.31. The molecule has 0 spiro atoms. The van der Waals surface area contributed by atoms with Gasteiger partial charge in [0.05, 0.1) is 0 Å². The largest absolute Gasteiger partial charge is 0.312 e. The number of benzene rings is 1. The molecular formula is C13H13NO2. The van der Waals surface area contributed by atoms with Crippen LogP contribution in [0.25, 0.3) is 0 Å². The van der Waals surface area contributed by atoms with E-state index in [0.717, 1.165) is 18.7 Å². The average Bonchev–Trinajstić information content (AvgIpc) is 2.75. The van der Waals surface area contributed by atoms with Crippen molar-refractivity contribution in [3.8, 4) is 0 Å². The summed E-state index contributed by atoms with van der Waals surface area (Å²) >= 11 is 0. The molecule has 1 heterocycles. The number of hydrogen-bond donors (Lipinski definition) is 0. The third kappa shape index (κ3) is 1.89. The molecule has 2 rings (SSSR count). The first-order valence-corrected chi connectivity index (χ1v) is 5.29. The summed E-state index contributed by atoms with van der Waals surface area (Å²) in [7, 11) is 0. The summed E-state index contributed by atoms with van der Waals surface area (Å²) in [6.45, 7) is 4.21. The van der Waals surface area contributed by atoms with Gasteiger partial charge in [0.15, 0.2) is 5.78 Å². The molecule has 0 saturated carbocycles. The highest BCUT2D eigenvalue weighted by Crippen LogP contribution is 2.21. The zero-order valence-corrected chi connectivity index (χ0v) is 8.98. The van der Waals surface area contributed by atoms with E-state index in [1.54, 1.807) is 29.2 Å². The zero-order valence-electron chi connectivity index (χ0n) is 8.98. The van der Waals surface area contributed by atoms with Crippen molar-refractivity contribution in [1.82, 2.24) is 0 Å². The second-order valence-electron chi connectivity index (χ2n) is 3.76. The van der Waals surface area contributed by atoms with Crippen molar-refractivity contribution in [1.29, 1.82) is 0 Å². The Labute approximate surface area is 94.4 Å². The standard InChI is InChI=1S/C13H13NO2/c1-2-12(15)10-5-7-11(8-6-10)14-9-3-4-13(14)16/h2,5-8H,1,3-4,9H2. The van der Waals surface area contributed by atoms with E-state index in [1.165, 1.54) is 6.08 Å². The maximum absolute atomic E-state index is 11.5. The Morgan fingerprint density at radius 2 is 2.00 bits per heavy atom. The van der Waals surface area contributed by atoms with Gasteiger partial charge in [-0.15, -0.1) is 0 Å². The Morgan fingerprint density at radius 1 is 1.31 bits per heavy atom. The Hall–Kier alpha value is -1.90. The van der Waals surface area contributed by atoms with Crippen LogP contribution in [0.2, 0.25) is 0 Å². The molecule has 0 radical (unpaired) electrons. The summed E-state index contributed by atoms with van der Waals surface area (Å²) in [4.78, 5) is 24.6. The lowest BCUT2D eigenvalue weighted by atomic mass is 10.1. The van der Waals surface area contributed by atoms with E-state index >= 15 is 0 Å². The van der Waals surface area contributed by atoms with Crippen LogP contribution in [0.5, 0.6) is 0 Å². The highest BCUT2D eigenvalue weighted by Gasteiger charge is 2.21. The van der Waals surface area contributed by atoms with Crippen LogP contribution in [0.4, 0.5) is 5.69 Å². The maximum atomic E-state index is 11.5. The molecule has 3 heteroatoms. The van der Waals surface area contributed by atoms with Crippen LogP contribution in [0.15, 0.2) is 36.9 Å². The van der Waals surface area contributed by atoms with Gasteiger partial charge in [-0.05, 0) is 36.8 Å². The molecule has 0 bridgehead atoms. The van der Waals surface area contributed by atoms with Crippen molar-refractivity contribution < 1.29 is 9.59 Å². The molecule has 0 atom stereocenters. The first kappa shape index (κ1) is 10.6. The normalized spacial score (nSPS) is 15.2. The Balaban J connectivity index is 2.22. The van der Waals surface area contributed by atoms with Gasteiger partial charge in [-0.25, -0.2) is 0 Å². The molecule has 0 aliphatic carbocycles. The van der Waals surface area contributed by atoms with Gasteiger partial charge in [0, 0.05) is 24.2 Å². The first-order valence-electron chi connectivity index (χ1n) is 5.29. The number of hydrogen-bond acceptors (Lipinski definition) is 2. The Bertz CT molecular complexity index is 434. The Kier molecular flexibility index (Phi) is 2.86. The third-order valence-corrected chi connectivity index (χ3v) is 2.72. The number of allylic oxidation sites excluding steroid dienone is 1. The molecule has 1 fully saturated rings. The van der Waals surface area contributed by atoms with E-state index < -0.39 is 0 Å². The van der Waals surface area contributed by atoms with Gasteiger partial charge in [0.2, 0.25) is 5.91 Å². The maximum Gasteiger partial charge on any atom is 0.227 e. The number of amides is 1. The van der Waals surface area contributed by atoms with Crippen LogP contribution >= 0.6 is 0 Å². The van der Waals surface area contributed by atoms with Crippen molar-refractivity contribution >= 4 is 17.4 Å². The lowest BCUT2D eigenvalue weighted by Crippen LogP contribution is -2.23. The van der Waals surface area contributed by atoms with Crippen LogP contribution < -0.4 is 4.90 Å². The van der Waals surface area contributed by atoms with Crippen molar-refractivity contribution in [2.75, 3.05) is 11.4 Å².